The van der Waals surface area contributed by atoms with Crippen LogP contribution in [0.15, 0.2) is 55.0 Å². The van der Waals surface area contributed by atoms with Gasteiger partial charge in [0.25, 0.3) is 0 Å². The molecule has 7 heteroatoms. The van der Waals surface area contributed by atoms with Gasteiger partial charge in [-0.2, -0.15) is 5.10 Å². The number of aromatic nitrogens is 5. The zero-order chi connectivity index (χ0) is 22.8. The van der Waals surface area contributed by atoms with Crippen molar-refractivity contribution >= 4 is 12.2 Å². The topological polar surface area (TPSA) is 67.0 Å². The highest BCUT2D eigenvalue weighted by atomic mass is 16.5. The van der Waals surface area contributed by atoms with E-state index < -0.39 is 0 Å². The molecule has 3 heterocycles. The van der Waals surface area contributed by atoms with Crippen molar-refractivity contribution in [2.75, 3.05) is 14.2 Å². The Morgan fingerprint density at radius 2 is 1.88 bits per heavy atom. The van der Waals surface area contributed by atoms with Gasteiger partial charge in [0.15, 0.2) is 5.82 Å². The van der Waals surface area contributed by atoms with Crippen LogP contribution in [0, 0.1) is 6.92 Å². The molecule has 7 nitrogen and oxygen atoms in total. The Labute approximate surface area is 193 Å². The van der Waals surface area contributed by atoms with E-state index in [2.05, 4.69) is 23.2 Å². The molecule has 1 aliphatic rings. The van der Waals surface area contributed by atoms with Crippen LogP contribution in [-0.2, 0) is 6.54 Å². The molecule has 0 N–H and O–H groups in total. The highest BCUT2D eigenvalue weighted by molar-refractivity contribution is 5.69. The minimum Gasteiger partial charge on any atom is -0.497 e. The second-order valence-electron chi connectivity index (χ2n) is 8.21. The van der Waals surface area contributed by atoms with Gasteiger partial charge in [-0.3, -0.25) is 0 Å². The van der Waals surface area contributed by atoms with Gasteiger partial charge in [-0.1, -0.05) is 24.3 Å². The number of methoxy groups -OCH3 is 2. The van der Waals surface area contributed by atoms with Crippen LogP contribution in [0.1, 0.15) is 47.2 Å². The molecule has 0 amide bonds. The van der Waals surface area contributed by atoms with E-state index in [-0.39, 0.29) is 5.92 Å². The fourth-order valence-corrected chi connectivity index (χ4v) is 4.33. The number of hydrogen-bond donors (Lipinski definition) is 0. The largest absolute Gasteiger partial charge is 0.497 e. The lowest BCUT2D eigenvalue weighted by atomic mass is 9.91. The summed E-state index contributed by atoms with van der Waals surface area (Å²) in [5, 5.41) is 4.74. The monoisotopic (exact) mass is 441 g/mol. The summed E-state index contributed by atoms with van der Waals surface area (Å²) in [7, 11) is 3.37. The normalized spacial score (nSPS) is 15.5. The van der Waals surface area contributed by atoms with Gasteiger partial charge in [-0.25, -0.2) is 14.6 Å². The van der Waals surface area contributed by atoms with E-state index in [1.165, 1.54) is 5.56 Å². The van der Waals surface area contributed by atoms with Gasteiger partial charge in [0.2, 0.25) is 0 Å². The molecule has 5 rings (SSSR count). The third kappa shape index (κ3) is 4.26. The molecule has 0 unspecified atom stereocenters. The van der Waals surface area contributed by atoms with Crippen molar-refractivity contribution in [2.45, 2.75) is 32.2 Å². The summed E-state index contributed by atoms with van der Waals surface area (Å²) in [6.07, 6.45) is 9.91. The van der Waals surface area contributed by atoms with Crippen molar-refractivity contribution < 1.29 is 9.47 Å². The molecule has 2 aromatic heterocycles. The summed E-state index contributed by atoms with van der Waals surface area (Å²) in [5.74, 6) is 3.64. The number of aryl methyl sites for hydroxylation is 2. The molecule has 33 heavy (non-hydrogen) atoms. The van der Waals surface area contributed by atoms with Crippen LogP contribution in [0.25, 0.3) is 17.8 Å². The van der Waals surface area contributed by atoms with Crippen molar-refractivity contribution in [3.05, 3.63) is 83.5 Å². The number of benzene rings is 2. The Kier molecular flexibility index (Phi) is 5.69. The molecular formula is C26H27N5O2. The van der Waals surface area contributed by atoms with Gasteiger partial charge in [0.1, 0.15) is 17.3 Å². The van der Waals surface area contributed by atoms with Crippen LogP contribution in [0.3, 0.4) is 0 Å². The second kappa shape index (κ2) is 8.94. The lowest BCUT2D eigenvalue weighted by Gasteiger charge is -2.22. The molecule has 0 spiro atoms. The standard InChI is InChI=1S/C26H27N5O2/c1-18-16-30(17-27-18)23-12-6-19(15-24(23)33-3)7-13-25-28-26-22(5-4-14-31(26)29-25)20-8-10-21(32-2)11-9-20/h6-13,15-17,22H,4-5,14H2,1-3H3/b13-7+/t22-/m1/s1. The van der Waals surface area contributed by atoms with E-state index in [9.17, 15) is 0 Å². The molecule has 0 fully saturated rings. The van der Waals surface area contributed by atoms with E-state index in [0.29, 0.717) is 0 Å². The second-order valence-corrected chi connectivity index (χ2v) is 8.21. The summed E-state index contributed by atoms with van der Waals surface area (Å²) in [5.41, 5.74) is 4.18. The Morgan fingerprint density at radius 3 is 2.61 bits per heavy atom. The Morgan fingerprint density at radius 1 is 1.03 bits per heavy atom. The molecule has 0 saturated heterocycles. The summed E-state index contributed by atoms with van der Waals surface area (Å²) in [4.78, 5) is 9.17. The summed E-state index contributed by atoms with van der Waals surface area (Å²) < 4.78 is 14.9. The maximum Gasteiger partial charge on any atom is 0.174 e. The van der Waals surface area contributed by atoms with Crippen LogP contribution in [0.2, 0.25) is 0 Å². The summed E-state index contributed by atoms with van der Waals surface area (Å²) in [6.45, 7) is 2.87. The average molecular weight is 442 g/mol. The molecule has 168 valence electrons. The van der Waals surface area contributed by atoms with E-state index in [4.69, 9.17) is 19.6 Å². The molecule has 0 bridgehead atoms. The zero-order valence-corrected chi connectivity index (χ0v) is 19.1. The first-order valence-corrected chi connectivity index (χ1v) is 11.1. The van der Waals surface area contributed by atoms with Crippen LogP contribution in [0.4, 0.5) is 0 Å². The first kappa shape index (κ1) is 21.0. The minimum absolute atomic E-state index is 0.248. The quantitative estimate of drug-likeness (QED) is 0.426. The molecule has 0 aliphatic carbocycles. The van der Waals surface area contributed by atoms with Gasteiger partial charge in [-0.05, 0) is 61.2 Å². The lowest BCUT2D eigenvalue weighted by Crippen LogP contribution is -2.17. The molecule has 1 atom stereocenters. The lowest BCUT2D eigenvalue weighted by molar-refractivity contribution is 0.413. The van der Waals surface area contributed by atoms with E-state index >= 15 is 0 Å². The maximum absolute atomic E-state index is 5.62. The van der Waals surface area contributed by atoms with Gasteiger partial charge in [0.05, 0.1) is 31.9 Å². The number of imidazole rings is 1. The Bertz CT molecular complexity index is 1290. The van der Waals surface area contributed by atoms with Crippen LogP contribution >= 0.6 is 0 Å². The Hall–Kier alpha value is -3.87. The van der Waals surface area contributed by atoms with Crippen molar-refractivity contribution in [1.82, 2.24) is 24.3 Å². The SMILES string of the molecule is COc1ccc([C@H]2CCCn3nc(/C=C/c4ccc(-n5cnc(C)c5)c(OC)c4)nc32)cc1. The predicted octanol–water partition coefficient (Wildman–Crippen LogP) is 4.89. The fraction of sp³-hybridized carbons (Fsp3) is 0.269. The molecule has 4 aromatic rings. The molecule has 1 aliphatic heterocycles. The summed E-state index contributed by atoms with van der Waals surface area (Å²) >= 11 is 0. The number of fused-ring (bicyclic) bond motifs is 1. The predicted molar refractivity (Wildman–Crippen MR) is 128 cm³/mol. The van der Waals surface area contributed by atoms with Crippen LogP contribution < -0.4 is 9.47 Å². The van der Waals surface area contributed by atoms with E-state index in [1.54, 1.807) is 20.5 Å². The molecule has 0 saturated carbocycles. The molecule has 2 aromatic carbocycles. The number of nitrogens with zero attached hydrogens (tertiary/aromatic N) is 5. The van der Waals surface area contributed by atoms with Crippen LogP contribution in [0.5, 0.6) is 11.5 Å². The zero-order valence-electron chi connectivity index (χ0n) is 19.1. The van der Waals surface area contributed by atoms with Gasteiger partial charge in [0, 0.05) is 18.7 Å². The van der Waals surface area contributed by atoms with Crippen LogP contribution in [-0.4, -0.2) is 38.5 Å². The smallest absolute Gasteiger partial charge is 0.174 e. The number of rotatable bonds is 6. The van der Waals surface area contributed by atoms with Gasteiger partial charge in [-0.15, -0.1) is 0 Å². The Balaban J connectivity index is 1.39. The van der Waals surface area contributed by atoms with Crippen molar-refractivity contribution in [1.29, 1.82) is 0 Å². The number of ether oxygens (including phenoxy) is 2. The highest BCUT2D eigenvalue weighted by Crippen LogP contribution is 2.33. The molecular weight excluding hydrogens is 414 g/mol. The first-order chi connectivity index (χ1) is 16.1. The third-order valence-electron chi connectivity index (χ3n) is 6.03. The van der Waals surface area contributed by atoms with E-state index in [1.807, 2.05) is 58.8 Å². The van der Waals surface area contributed by atoms with Crippen molar-refractivity contribution in [2.24, 2.45) is 0 Å². The summed E-state index contributed by atoms with van der Waals surface area (Å²) in [6, 6.07) is 14.4. The first-order valence-electron chi connectivity index (χ1n) is 11.1. The third-order valence-corrected chi connectivity index (χ3v) is 6.03. The van der Waals surface area contributed by atoms with E-state index in [0.717, 1.165) is 59.5 Å². The van der Waals surface area contributed by atoms with Gasteiger partial charge < -0.3 is 14.0 Å². The molecule has 0 radical (unpaired) electrons. The van der Waals surface area contributed by atoms with Crippen molar-refractivity contribution in [3.8, 4) is 17.2 Å². The van der Waals surface area contributed by atoms with Crippen molar-refractivity contribution in [3.63, 3.8) is 0 Å². The maximum atomic E-state index is 5.62. The van der Waals surface area contributed by atoms with Gasteiger partial charge >= 0.3 is 0 Å². The fourth-order valence-electron chi connectivity index (χ4n) is 4.33. The minimum atomic E-state index is 0.248. The highest BCUT2D eigenvalue weighted by Gasteiger charge is 2.25. The average Bonchev–Trinajstić information content (AvgIpc) is 3.48. The number of hydrogen-bond acceptors (Lipinski definition) is 5.